The van der Waals surface area contributed by atoms with Crippen molar-refractivity contribution in [3.05, 3.63) is 40.3 Å². The van der Waals surface area contributed by atoms with Gasteiger partial charge >= 0.3 is 0 Å². The van der Waals surface area contributed by atoms with Gasteiger partial charge in [-0.2, -0.15) is 0 Å². The number of fused-ring (bicyclic) bond motifs is 1. The van der Waals surface area contributed by atoms with Crippen LogP contribution >= 0.6 is 11.8 Å². The maximum absolute atomic E-state index is 12.9. The number of ether oxygens (including phenoxy) is 1. The Hall–Kier alpha value is -1.79. The van der Waals surface area contributed by atoms with Crippen LogP contribution in [0.25, 0.3) is 6.08 Å². The lowest BCUT2D eigenvalue weighted by molar-refractivity contribution is -0.132. The van der Waals surface area contributed by atoms with E-state index in [0.29, 0.717) is 18.4 Å². The first-order valence-electron chi connectivity index (χ1n) is 9.49. The third-order valence-electron chi connectivity index (χ3n) is 5.51. The molecule has 1 aromatic carbocycles. The summed E-state index contributed by atoms with van der Waals surface area (Å²) in [4.78, 5) is 27.9. The first-order valence-corrected chi connectivity index (χ1v) is 10.4. The lowest BCUT2D eigenvalue weighted by atomic mass is 9.83. The number of likely N-dealkylation sites (N-methyl/N-ethyl adjacent to an activating group) is 1. The highest BCUT2D eigenvalue weighted by Crippen LogP contribution is 2.43. The second-order valence-electron chi connectivity index (χ2n) is 7.30. The maximum atomic E-state index is 12.9. The van der Waals surface area contributed by atoms with Gasteiger partial charge in [-0.3, -0.25) is 9.59 Å². The van der Waals surface area contributed by atoms with E-state index in [1.54, 1.807) is 18.9 Å². The predicted molar refractivity (Wildman–Crippen MR) is 109 cm³/mol. The molecule has 3 unspecified atom stereocenters. The monoisotopic (exact) mass is 388 g/mol. The molecule has 2 fully saturated rings. The molecule has 0 radical (unpaired) electrons. The van der Waals surface area contributed by atoms with Crippen molar-refractivity contribution < 1.29 is 14.3 Å². The first-order chi connectivity index (χ1) is 13.0. The van der Waals surface area contributed by atoms with Gasteiger partial charge in [-0.25, -0.2) is 0 Å². The number of benzene rings is 1. The van der Waals surface area contributed by atoms with Crippen LogP contribution in [0.1, 0.15) is 30.4 Å². The fourth-order valence-corrected chi connectivity index (χ4v) is 5.32. The Morgan fingerprint density at radius 1 is 1.37 bits per heavy atom. The molecule has 27 heavy (non-hydrogen) atoms. The third-order valence-corrected chi connectivity index (χ3v) is 6.91. The largest absolute Gasteiger partial charge is 0.383 e. The van der Waals surface area contributed by atoms with E-state index >= 15 is 0 Å². The molecule has 0 bridgehead atoms. The highest BCUT2D eigenvalue weighted by Gasteiger charge is 2.42. The normalized spacial score (nSPS) is 26.8. The lowest BCUT2D eigenvalue weighted by Crippen LogP contribution is -2.52. The maximum Gasteiger partial charge on any atom is 0.260 e. The quantitative estimate of drug-likeness (QED) is 0.622. The molecular formula is C21H28N2O3S. The number of hydrogen-bond acceptors (Lipinski definition) is 4. The lowest BCUT2D eigenvalue weighted by Gasteiger charge is -2.44. The zero-order chi connectivity index (χ0) is 19.4. The van der Waals surface area contributed by atoms with Crippen molar-refractivity contribution in [1.29, 1.82) is 0 Å². The fraction of sp³-hybridized carbons (Fsp3) is 0.524. The van der Waals surface area contributed by atoms with E-state index in [2.05, 4.69) is 18.3 Å². The van der Waals surface area contributed by atoms with Crippen molar-refractivity contribution in [2.75, 3.05) is 27.3 Å². The Morgan fingerprint density at radius 2 is 2.15 bits per heavy atom. The molecule has 1 aliphatic carbocycles. The van der Waals surface area contributed by atoms with Gasteiger partial charge in [0.15, 0.2) is 0 Å². The molecule has 0 aromatic heterocycles. The van der Waals surface area contributed by atoms with E-state index in [-0.39, 0.29) is 23.8 Å². The minimum Gasteiger partial charge on any atom is -0.383 e. The molecule has 1 saturated heterocycles. The summed E-state index contributed by atoms with van der Waals surface area (Å²) < 4.78 is 4.99. The predicted octanol–water partition coefficient (Wildman–Crippen LogP) is 2.84. The Labute approximate surface area is 165 Å². The average molecular weight is 389 g/mol. The molecule has 6 heteroatoms. The second kappa shape index (κ2) is 8.93. The van der Waals surface area contributed by atoms with E-state index in [0.717, 1.165) is 29.7 Å². The van der Waals surface area contributed by atoms with Crippen molar-refractivity contribution in [2.24, 2.45) is 5.92 Å². The number of aryl methyl sites for hydroxylation is 1. The minimum atomic E-state index is -0.0270. The number of methoxy groups -OCH3 is 1. The first kappa shape index (κ1) is 20.0. The molecule has 2 aliphatic rings. The van der Waals surface area contributed by atoms with Gasteiger partial charge in [0.25, 0.3) is 5.91 Å². The Bertz CT molecular complexity index is 734. The van der Waals surface area contributed by atoms with Crippen LogP contribution in [0.2, 0.25) is 0 Å². The number of carbonyl (C=O) groups is 2. The van der Waals surface area contributed by atoms with Crippen LogP contribution in [0.15, 0.2) is 29.2 Å². The molecule has 3 rings (SSSR count). The standard InChI is InChI=1S/C21H28N2O3S/c1-14-6-4-5-7-15(14)13-19-21(25)23(2)17-12-16(8-9-18(17)27-19)20(24)22-10-11-26-3/h4-7,13,16-18H,8-12H2,1-3H3,(H,22,24)/b19-13-. The van der Waals surface area contributed by atoms with Gasteiger partial charge < -0.3 is 15.0 Å². The number of carbonyl (C=O) groups excluding carboxylic acids is 2. The summed E-state index contributed by atoms with van der Waals surface area (Å²) in [6, 6.07) is 8.22. The van der Waals surface area contributed by atoms with Gasteiger partial charge in [0.1, 0.15) is 0 Å². The zero-order valence-electron chi connectivity index (χ0n) is 16.2. The number of thioether (sulfide) groups is 1. The Morgan fingerprint density at radius 3 is 2.89 bits per heavy atom. The van der Waals surface area contributed by atoms with Crippen LogP contribution < -0.4 is 5.32 Å². The fourth-order valence-electron chi connectivity index (χ4n) is 3.85. The average Bonchev–Trinajstić information content (AvgIpc) is 2.67. The smallest absolute Gasteiger partial charge is 0.260 e. The highest BCUT2D eigenvalue weighted by atomic mass is 32.2. The van der Waals surface area contributed by atoms with Gasteiger partial charge in [0, 0.05) is 37.9 Å². The van der Waals surface area contributed by atoms with Crippen molar-refractivity contribution in [1.82, 2.24) is 10.2 Å². The minimum absolute atomic E-state index is 0.0270. The molecule has 2 amide bonds. The number of nitrogens with one attached hydrogen (secondary N) is 1. The number of nitrogens with zero attached hydrogens (tertiary/aromatic N) is 1. The van der Waals surface area contributed by atoms with E-state index in [4.69, 9.17) is 4.74 Å². The summed E-state index contributed by atoms with van der Waals surface area (Å²) >= 11 is 1.68. The van der Waals surface area contributed by atoms with Gasteiger partial charge in [0.05, 0.1) is 11.5 Å². The molecule has 5 nitrogen and oxygen atoms in total. The zero-order valence-corrected chi connectivity index (χ0v) is 17.1. The number of rotatable bonds is 5. The van der Waals surface area contributed by atoms with E-state index < -0.39 is 0 Å². The summed E-state index contributed by atoms with van der Waals surface area (Å²) in [5.74, 6) is 0.114. The molecule has 3 atom stereocenters. The second-order valence-corrected chi connectivity index (χ2v) is 8.58. The van der Waals surface area contributed by atoms with Crippen LogP contribution in [0.5, 0.6) is 0 Å². The van der Waals surface area contributed by atoms with Crippen LogP contribution in [-0.4, -0.2) is 55.3 Å². The topological polar surface area (TPSA) is 58.6 Å². The van der Waals surface area contributed by atoms with Crippen LogP contribution in [0.4, 0.5) is 0 Å². The molecule has 1 heterocycles. The summed E-state index contributed by atoms with van der Waals surface area (Å²) in [5.41, 5.74) is 2.26. The summed E-state index contributed by atoms with van der Waals surface area (Å²) in [6.07, 6.45) is 4.56. The molecule has 1 aromatic rings. The van der Waals surface area contributed by atoms with E-state index in [1.165, 1.54) is 5.56 Å². The van der Waals surface area contributed by atoms with Crippen molar-refractivity contribution >= 4 is 29.7 Å². The summed E-state index contributed by atoms with van der Waals surface area (Å²) in [6.45, 7) is 3.11. The molecule has 146 valence electrons. The number of hydrogen-bond donors (Lipinski definition) is 1. The summed E-state index contributed by atoms with van der Waals surface area (Å²) in [7, 11) is 3.50. The Kier molecular flexibility index (Phi) is 6.60. The number of amides is 2. The van der Waals surface area contributed by atoms with Crippen LogP contribution in [0, 0.1) is 12.8 Å². The highest BCUT2D eigenvalue weighted by molar-refractivity contribution is 8.04. The van der Waals surface area contributed by atoms with Crippen LogP contribution in [0.3, 0.4) is 0 Å². The van der Waals surface area contributed by atoms with Crippen molar-refractivity contribution in [3.63, 3.8) is 0 Å². The van der Waals surface area contributed by atoms with E-state index in [1.807, 2.05) is 36.2 Å². The SMILES string of the molecule is COCCNC(=O)C1CCC2S/C(=C\c3ccccc3C)C(=O)N(C)C2C1. The van der Waals surface area contributed by atoms with Crippen LogP contribution in [-0.2, 0) is 14.3 Å². The molecule has 1 N–H and O–H groups in total. The van der Waals surface area contributed by atoms with Gasteiger partial charge in [-0.1, -0.05) is 24.3 Å². The van der Waals surface area contributed by atoms with Gasteiger partial charge in [0.2, 0.25) is 5.91 Å². The molecule has 0 spiro atoms. The van der Waals surface area contributed by atoms with Gasteiger partial charge in [-0.05, 0) is 43.4 Å². The summed E-state index contributed by atoms with van der Waals surface area (Å²) in [5, 5.41) is 3.29. The molecule has 1 aliphatic heterocycles. The van der Waals surface area contributed by atoms with Gasteiger partial charge in [-0.15, -0.1) is 11.8 Å². The van der Waals surface area contributed by atoms with Crippen molar-refractivity contribution in [2.45, 2.75) is 37.5 Å². The van der Waals surface area contributed by atoms with E-state index in [9.17, 15) is 9.59 Å². The molecule has 1 saturated carbocycles. The third kappa shape index (κ3) is 4.55. The van der Waals surface area contributed by atoms with Crippen molar-refractivity contribution in [3.8, 4) is 0 Å². The molecular weight excluding hydrogens is 360 g/mol. The Balaban J connectivity index is 1.69.